The third-order valence-corrected chi connectivity index (χ3v) is 11.6. The highest BCUT2D eigenvalue weighted by atomic mass is 32.2. The monoisotopic (exact) mass is 872 g/mol. The van der Waals surface area contributed by atoms with E-state index in [4.69, 9.17) is 27.9 Å². The Hall–Kier alpha value is -2.38. The van der Waals surface area contributed by atoms with Gasteiger partial charge >= 0.3 is 22.5 Å². The van der Waals surface area contributed by atoms with Gasteiger partial charge in [0.25, 0.3) is 0 Å². The van der Waals surface area contributed by atoms with Crippen molar-refractivity contribution in [2.24, 2.45) is 11.8 Å². The van der Waals surface area contributed by atoms with Gasteiger partial charge in [-0.2, -0.15) is 12.7 Å². The third kappa shape index (κ3) is 22.3. The first-order chi connectivity index (χ1) is 27.5. The van der Waals surface area contributed by atoms with Crippen molar-refractivity contribution in [3.63, 3.8) is 0 Å². The van der Waals surface area contributed by atoms with Crippen LogP contribution in [-0.2, 0) is 43.0 Å². The second kappa shape index (κ2) is 25.5. The summed E-state index contributed by atoms with van der Waals surface area (Å²) in [4.78, 5) is 34.5. The normalized spacial score (nSPS) is 28.1. The molecule has 4 aliphatic rings. The van der Waals surface area contributed by atoms with Gasteiger partial charge in [0.05, 0.1) is 62.9 Å². The fraction of sp³-hybridized carbons (Fsp3) is 0.927. The fourth-order valence-corrected chi connectivity index (χ4v) is 8.05. The van der Waals surface area contributed by atoms with Crippen LogP contribution in [-0.4, -0.2) is 129 Å². The zero-order valence-electron chi connectivity index (χ0n) is 37.0. The molecule has 0 aromatic heterocycles. The zero-order valence-corrected chi connectivity index (χ0v) is 37.8. The minimum Gasteiger partial charge on any atom is -0.444 e. The Labute approximate surface area is 351 Å². The first-order valence-corrected chi connectivity index (χ1v) is 22.7. The van der Waals surface area contributed by atoms with Gasteiger partial charge in [0.1, 0.15) is 30.6 Å². The average molecular weight is 872 g/mol. The molecule has 18 heteroatoms. The van der Waals surface area contributed by atoms with E-state index in [1.54, 1.807) is 41.5 Å². The van der Waals surface area contributed by atoms with Crippen LogP contribution in [0.5, 0.6) is 0 Å². The van der Waals surface area contributed by atoms with Gasteiger partial charge in [-0.3, -0.25) is 8.98 Å². The quantitative estimate of drug-likeness (QED) is 0.178. The highest BCUT2D eigenvalue weighted by Crippen LogP contribution is 2.28. The maximum absolute atomic E-state index is 12.9. The van der Waals surface area contributed by atoms with Crippen molar-refractivity contribution in [2.75, 3.05) is 39.8 Å². The van der Waals surface area contributed by atoms with Crippen molar-refractivity contribution in [1.82, 2.24) is 14.9 Å². The fourth-order valence-electron chi connectivity index (χ4n) is 6.90. The van der Waals surface area contributed by atoms with Gasteiger partial charge in [0.15, 0.2) is 0 Å². The molecule has 0 spiro atoms. The number of rotatable bonds is 13. The highest BCUT2D eigenvalue weighted by molar-refractivity contribution is 7.85. The minimum absolute atomic E-state index is 0.0351. The van der Waals surface area contributed by atoms with E-state index < -0.39 is 65.2 Å². The lowest BCUT2D eigenvalue weighted by Crippen LogP contribution is -2.45. The standard InChI is InChI=1S/C15H27NO6S.C14H26FNO4.C12H22FNO2/c1-11-5-7-13(8-6-11)20-9-12-10-21-23(18,19)16(12)14(17)22-15(2,3)4;1-14(2,3)20-13(18)16-10(8-15)9-19-12-6-4-11(17)5-7-12;1-9-3-5-12(6-4-9)16-8-11(7-13)14-10(2)15/h11-13H,5-10H2,1-4H3;10-12,17H,4-9H2,1-3H3,(H,16,18);9,11-12H,3-8H2,1-2H3,(H,14,15)/t11?,12-,13?;10-,11?,12?;9?,11-,12?/m100/s1. The molecule has 3 atom stereocenters. The molecule has 59 heavy (non-hydrogen) atoms. The summed E-state index contributed by atoms with van der Waals surface area (Å²) < 4.78 is 82.0. The number of aliphatic hydroxyl groups excluding tert-OH is 1. The predicted molar refractivity (Wildman–Crippen MR) is 218 cm³/mol. The minimum atomic E-state index is -4.09. The summed E-state index contributed by atoms with van der Waals surface area (Å²) in [5.41, 5.74) is -1.38. The summed E-state index contributed by atoms with van der Waals surface area (Å²) in [5.74, 6) is 1.29. The number of hydrogen-bond donors (Lipinski definition) is 3. The van der Waals surface area contributed by atoms with Crippen LogP contribution in [0.15, 0.2) is 0 Å². The first kappa shape index (κ1) is 52.8. The number of nitrogens with one attached hydrogen (secondary N) is 2. The number of ether oxygens (including phenoxy) is 5. The smallest absolute Gasteiger partial charge is 0.426 e. The van der Waals surface area contributed by atoms with Gasteiger partial charge in [-0.1, -0.05) is 13.8 Å². The van der Waals surface area contributed by atoms with Gasteiger partial charge in [-0.05, 0) is 130 Å². The second-order valence-corrected chi connectivity index (χ2v) is 19.9. The van der Waals surface area contributed by atoms with Gasteiger partial charge < -0.3 is 39.4 Å². The number of carbonyl (C=O) groups is 3. The summed E-state index contributed by atoms with van der Waals surface area (Å²) in [6.45, 7) is 15.4. The predicted octanol–water partition coefficient (Wildman–Crippen LogP) is 6.69. The van der Waals surface area contributed by atoms with Crippen LogP contribution in [0.25, 0.3) is 0 Å². The Balaban J connectivity index is 0.000000310. The zero-order chi connectivity index (χ0) is 44.4. The summed E-state index contributed by atoms with van der Waals surface area (Å²) in [5, 5.41) is 14.4. The molecule has 3 N–H and O–H groups in total. The number of aliphatic hydroxyl groups is 1. The SMILES string of the molecule is CC(=O)N[C@@H](CF)COC1CCC(C)CC1.CC(C)(C)OC(=O)N[C@@H](CF)COC1CCC(O)CC1.CC1CCC(OC[C@@H]2COS(=O)(=O)N2C(=O)OC(C)(C)C)CC1. The molecule has 3 aliphatic carbocycles. The summed E-state index contributed by atoms with van der Waals surface area (Å²) >= 11 is 0. The topological polar surface area (TPSA) is 188 Å². The Morgan fingerprint density at radius 1 is 0.712 bits per heavy atom. The molecule has 1 aliphatic heterocycles. The molecule has 0 aromatic carbocycles. The van der Waals surface area contributed by atoms with Crippen molar-refractivity contribution >= 4 is 28.4 Å². The summed E-state index contributed by atoms with van der Waals surface area (Å²) in [6, 6.07) is -1.86. The lowest BCUT2D eigenvalue weighted by atomic mass is 9.89. The number of nitrogens with zero attached hydrogens (tertiary/aromatic N) is 1. The first-order valence-electron chi connectivity index (χ1n) is 21.3. The molecule has 3 amide bonds. The van der Waals surface area contributed by atoms with Crippen molar-refractivity contribution < 1.29 is 64.6 Å². The molecule has 1 saturated heterocycles. The number of halogens is 2. The van der Waals surface area contributed by atoms with E-state index in [0.29, 0.717) is 23.1 Å². The van der Waals surface area contributed by atoms with Gasteiger partial charge in [-0.25, -0.2) is 18.4 Å². The van der Waals surface area contributed by atoms with Crippen molar-refractivity contribution in [3.8, 4) is 0 Å². The van der Waals surface area contributed by atoms with E-state index in [1.807, 2.05) is 0 Å². The molecular formula is C41H75F2N3O12S. The molecule has 15 nitrogen and oxygen atoms in total. The second-order valence-electron chi connectivity index (χ2n) is 18.4. The third-order valence-electron chi connectivity index (χ3n) is 10.2. The maximum atomic E-state index is 12.9. The Bertz CT molecular complexity index is 1340. The largest absolute Gasteiger partial charge is 0.444 e. The summed E-state index contributed by atoms with van der Waals surface area (Å²) in [6.07, 6.45) is 10.2. The van der Waals surface area contributed by atoms with Crippen LogP contribution in [0.1, 0.15) is 139 Å². The van der Waals surface area contributed by atoms with E-state index in [0.717, 1.165) is 57.3 Å². The molecule has 0 radical (unpaired) electrons. The molecule has 4 fully saturated rings. The molecule has 0 aromatic rings. The van der Waals surface area contributed by atoms with Crippen LogP contribution >= 0.6 is 0 Å². The van der Waals surface area contributed by atoms with Gasteiger partial charge in [0, 0.05) is 6.92 Å². The lowest BCUT2D eigenvalue weighted by molar-refractivity contribution is -0.120. The van der Waals surface area contributed by atoms with Crippen LogP contribution < -0.4 is 10.6 Å². The van der Waals surface area contributed by atoms with Crippen LogP contribution in [0.2, 0.25) is 0 Å². The van der Waals surface area contributed by atoms with E-state index in [1.165, 1.54) is 19.8 Å². The van der Waals surface area contributed by atoms with Gasteiger partial charge in [-0.15, -0.1) is 0 Å². The molecular weight excluding hydrogens is 797 g/mol. The number of hydrogen-bond acceptors (Lipinski definition) is 12. The Morgan fingerprint density at radius 3 is 1.56 bits per heavy atom. The Morgan fingerprint density at radius 2 is 1.14 bits per heavy atom. The van der Waals surface area contributed by atoms with Crippen LogP contribution in [0.3, 0.4) is 0 Å². The molecule has 346 valence electrons. The lowest BCUT2D eigenvalue weighted by Gasteiger charge is -2.29. The highest BCUT2D eigenvalue weighted by Gasteiger charge is 2.45. The number of carbonyl (C=O) groups excluding carboxylic acids is 3. The maximum Gasteiger partial charge on any atom is 0.426 e. The molecule has 4 rings (SSSR count). The number of amides is 3. The molecule has 0 unspecified atom stereocenters. The van der Waals surface area contributed by atoms with Crippen molar-refractivity contribution in [2.45, 2.75) is 193 Å². The van der Waals surface area contributed by atoms with Gasteiger partial charge in [0.2, 0.25) is 5.91 Å². The summed E-state index contributed by atoms with van der Waals surface area (Å²) in [7, 11) is -4.09. The molecule has 3 saturated carbocycles. The van der Waals surface area contributed by atoms with Crippen molar-refractivity contribution in [3.05, 3.63) is 0 Å². The van der Waals surface area contributed by atoms with E-state index in [2.05, 4.69) is 24.5 Å². The average Bonchev–Trinajstić information content (AvgIpc) is 3.45. The molecule has 1 heterocycles. The van der Waals surface area contributed by atoms with Crippen molar-refractivity contribution in [1.29, 1.82) is 0 Å². The number of alkyl halides is 2. The molecule has 0 bridgehead atoms. The number of alkyl carbamates (subject to hydrolysis) is 1. The van der Waals surface area contributed by atoms with E-state index >= 15 is 0 Å². The van der Waals surface area contributed by atoms with E-state index in [9.17, 15) is 36.7 Å². The Kier molecular flexibility index (Phi) is 22.8. The van der Waals surface area contributed by atoms with Crippen LogP contribution in [0.4, 0.5) is 18.4 Å². The van der Waals surface area contributed by atoms with Crippen LogP contribution in [0, 0.1) is 11.8 Å². The van der Waals surface area contributed by atoms with E-state index in [-0.39, 0.29) is 56.8 Å².